The molecular weight excluding hydrogens is 370 g/mol. The van der Waals surface area contributed by atoms with E-state index in [-0.39, 0.29) is 11.8 Å². The number of thiophene rings is 1. The van der Waals surface area contributed by atoms with E-state index in [2.05, 4.69) is 5.32 Å². The van der Waals surface area contributed by atoms with E-state index in [1.165, 1.54) is 15.6 Å². The van der Waals surface area contributed by atoms with Gasteiger partial charge < -0.3 is 10.2 Å². The number of sulfonamides is 1. The number of piperidine rings is 2. The maximum Gasteiger partial charge on any atom is 0.252 e. The normalized spacial score (nSPS) is 23.3. The lowest BCUT2D eigenvalue weighted by molar-refractivity contribution is -0.138. The first-order valence-electron chi connectivity index (χ1n) is 9.42. The molecule has 1 unspecified atom stereocenters. The van der Waals surface area contributed by atoms with Gasteiger partial charge in [0.2, 0.25) is 5.91 Å². The van der Waals surface area contributed by atoms with Crippen molar-refractivity contribution in [3.8, 4) is 0 Å². The van der Waals surface area contributed by atoms with Gasteiger partial charge in [-0.2, -0.15) is 4.31 Å². The maximum absolute atomic E-state index is 12.9. The minimum absolute atomic E-state index is 0.134. The van der Waals surface area contributed by atoms with Crippen LogP contribution < -0.4 is 5.32 Å². The zero-order valence-electron chi connectivity index (χ0n) is 15.6. The van der Waals surface area contributed by atoms with Crippen molar-refractivity contribution in [3.63, 3.8) is 0 Å². The molecule has 6 nitrogen and oxygen atoms in total. The number of carbonyl (C=O) groups is 1. The van der Waals surface area contributed by atoms with Crippen LogP contribution >= 0.6 is 11.3 Å². The van der Waals surface area contributed by atoms with Gasteiger partial charge in [0.15, 0.2) is 0 Å². The van der Waals surface area contributed by atoms with Crippen LogP contribution in [0, 0.1) is 18.8 Å². The molecule has 1 aromatic rings. The number of rotatable bonds is 5. The molecule has 1 amide bonds. The van der Waals surface area contributed by atoms with Crippen molar-refractivity contribution < 1.29 is 13.2 Å². The van der Waals surface area contributed by atoms with Crippen molar-refractivity contribution in [2.24, 2.45) is 11.8 Å². The van der Waals surface area contributed by atoms with E-state index >= 15 is 0 Å². The van der Waals surface area contributed by atoms with E-state index in [0.29, 0.717) is 23.2 Å². The third-order valence-electron chi connectivity index (χ3n) is 5.46. The highest BCUT2D eigenvalue weighted by molar-refractivity contribution is 7.91. The van der Waals surface area contributed by atoms with Gasteiger partial charge in [0.25, 0.3) is 10.0 Å². The summed E-state index contributed by atoms with van der Waals surface area (Å²) in [5.74, 6) is 0.560. The number of amides is 1. The number of nitrogens with zero attached hydrogens (tertiary/aromatic N) is 2. The second kappa shape index (κ2) is 8.37. The molecule has 0 saturated carbocycles. The summed E-state index contributed by atoms with van der Waals surface area (Å²) in [5.41, 5.74) is 0. The Labute approximate surface area is 160 Å². The average Bonchev–Trinajstić information content (AvgIpc) is 3.09. The highest BCUT2D eigenvalue weighted by Crippen LogP contribution is 2.29. The molecule has 2 aliphatic heterocycles. The quantitative estimate of drug-likeness (QED) is 0.821. The van der Waals surface area contributed by atoms with Gasteiger partial charge in [0.1, 0.15) is 4.21 Å². The van der Waals surface area contributed by atoms with Crippen LogP contribution in [0.2, 0.25) is 0 Å². The summed E-state index contributed by atoms with van der Waals surface area (Å²) in [6.45, 7) is 5.31. The number of nitrogens with one attached hydrogen (secondary N) is 1. The predicted octanol–water partition coefficient (Wildman–Crippen LogP) is 1.92. The Morgan fingerprint density at radius 2 is 1.96 bits per heavy atom. The summed E-state index contributed by atoms with van der Waals surface area (Å²) in [6.07, 6.45) is 3.58. The monoisotopic (exact) mass is 399 g/mol. The fraction of sp³-hybridized carbons (Fsp3) is 0.722. The molecule has 0 bridgehead atoms. The van der Waals surface area contributed by atoms with E-state index in [0.717, 1.165) is 50.2 Å². The topological polar surface area (TPSA) is 69.7 Å². The second-order valence-corrected chi connectivity index (χ2v) is 10.8. The molecule has 0 aliphatic carbocycles. The molecule has 2 aliphatic rings. The van der Waals surface area contributed by atoms with Gasteiger partial charge in [-0.05, 0) is 64.3 Å². The van der Waals surface area contributed by atoms with Crippen molar-refractivity contribution in [1.82, 2.24) is 14.5 Å². The van der Waals surface area contributed by atoms with E-state index in [9.17, 15) is 13.2 Å². The summed E-state index contributed by atoms with van der Waals surface area (Å²) >= 11 is 1.30. The minimum atomic E-state index is -3.48. The Hall–Kier alpha value is -0.960. The van der Waals surface area contributed by atoms with Crippen LogP contribution in [-0.4, -0.2) is 63.3 Å². The number of carbonyl (C=O) groups excluding carboxylic acids is 1. The zero-order valence-corrected chi connectivity index (χ0v) is 17.2. The zero-order chi connectivity index (χ0) is 18.7. The molecule has 0 aromatic carbocycles. The first kappa shape index (κ1) is 19.8. The smallest absolute Gasteiger partial charge is 0.252 e. The lowest BCUT2D eigenvalue weighted by Gasteiger charge is -2.37. The molecule has 1 aromatic heterocycles. The molecule has 3 heterocycles. The number of hydrogen-bond donors (Lipinski definition) is 1. The van der Waals surface area contributed by atoms with Crippen molar-refractivity contribution in [2.75, 3.05) is 39.8 Å². The Balaban J connectivity index is 1.62. The van der Waals surface area contributed by atoms with Crippen LogP contribution in [0.15, 0.2) is 16.3 Å². The van der Waals surface area contributed by atoms with Crippen LogP contribution in [0.5, 0.6) is 0 Å². The number of aryl methyl sites for hydroxylation is 1. The standard InChI is InChI=1S/C18H29N3O3S2/c1-14-5-6-17(25-14)26(23,24)21-9-3-4-16(13-21)18(22)20-10-7-15(8-11-20)12-19-2/h5-6,15-16,19H,3-4,7-13H2,1-2H3. The van der Waals surface area contributed by atoms with Crippen LogP contribution in [0.3, 0.4) is 0 Å². The van der Waals surface area contributed by atoms with E-state index in [1.54, 1.807) is 6.07 Å². The Morgan fingerprint density at radius 1 is 1.23 bits per heavy atom. The third-order valence-corrected chi connectivity index (χ3v) is 8.80. The van der Waals surface area contributed by atoms with Gasteiger partial charge in [-0.1, -0.05) is 0 Å². The molecule has 146 valence electrons. The van der Waals surface area contributed by atoms with Crippen LogP contribution in [0.25, 0.3) is 0 Å². The largest absolute Gasteiger partial charge is 0.342 e. The summed E-state index contributed by atoms with van der Waals surface area (Å²) in [4.78, 5) is 15.9. The van der Waals surface area contributed by atoms with Crippen LogP contribution in [0.4, 0.5) is 0 Å². The predicted molar refractivity (Wildman–Crippen MR) is 104 cm³/mol. The van der Waals surface area contributed by atoms with Crippen molar-refractivity contribution in [2.45, 2.75) is 36.8 Å². The molecule has 1 atom stereocenters. The van der Waals surface area contributed by atoms with Gasteiger partial charge >= 0.3 is 0 Å². The first-order chi connectivity index (χ1) is 12.4. The molecule has 26 heavy (non-hydrogen) atoms. The summed E-state index contributed by atoms with van der Waals surface area (Å²) in [5, 5.41) is 3.21. The first-order valence-corrected chi connectivity index (χ1v) is 11.7. The van der Waals surface area contributed by atoms with Gasteiger partial charge in [-0.15, -0.1) is 11.3 Å². The minimum Gasteiger partial charge on any atom is -0.342 e. The second-order valence-electron chi connectivity index (χ2n) is 7.39. The highest BCUT2D eigenvalue weighted by atomic mass is 32.2. The van der Waals surface area contributed by atoms with Gasteiger partial charge in [0.05, 0.1) is 5.92 Å². The Kier molecular flexibility index (Phi) is 6.37. The fourth-order valence-electron chi connectivity index (χ4n) is 3.94. The third kappa shape index (κ3) is 4.30. The summed E-state index contributed by atoms with van der Waals surface area (Å²) in [6, 6.07) is 3.51. The van der Waals surface area contributed by atoms with E-state index < -0.39 is 10.0 Å². The molecule has 1 N–H and O–H groups in total. The van der Waals surface area contributed by atoms with Crippen molar-refractivity contribution in [3.05, 3.63) is 17.0 Å². The number of hydrogen-bond acceptors (Lipinski definition) is 5. The van der Waals surface area contributed by atoms with Gasteiger partial charge in [-0.25, -0.2) is 8.42 Å². The van der Waals surface area contributed by atoms with Crippen molar-refractivity contribution >= 4 is 27.3 Å². The summed E-state index contributed by atoms with van der Waals surface area (Å²) < 4.78 is 27.6. The molecule has 0 radical (unpaired) electrons. The van der Waals surface area contributed by atoms with Gasteiger partial charge in [0, 0.05) is 31.1 Å². The van der Waals surface area contributed by atoms with Gasteiger partial charge in [-0.3, -0.25) is 4.79 Å². The SMILES string of the molecule is CNCC1CCN(C(=O)C2CCCN(S(=O)(=O)c3ccc(C)s3)C2)CC1. The maximum atomic E-state index is 12.9. The molecule has 8 heteroatoms. The van der Waals surface area contributed by atoms with Crippen LogP contribution in [0.1, 0.15) is 30.6 Å². The Morgan fingerprint density at radius 3 is 2.58 bits per heavy atom. The molecular formula is C18H29N3O3S2. The molecule has 2 fully saturated rings. The molecule has 2 saturated heterocycles. The van der Waals surface area contributed by atoms with Crippen LogP contribution in [-0.2, 0) is 14.8 Å². The number of likely N-dealkylation sites (tertiary alicyclic amines) is 1. The molecule has 0 spiro atoms. The van der Waals surface area contributed by atoms with E-state index in [1.807, 2.05) is 24.9 Å². The lowest BCUT2D eigenvalue weighted by atomic mass is 9.93. The molecule has 3 rings (SSSR count). The highest BCUT2D eigenvalue weighted by Gasteiger charge is 2.36. The van der Waals surface area contributed by atoms with Crippen molar-refractivity contribution in [1.29, 1.82) is 0 Å². The lowest BCUT2D eigenvalue weighted by Crippen LogP contribution is -2.48. The summed E-state index contributed by atoms with van der Waals surface area (Å²) in [7, 11) is -1.52. The Bertz CT molecular complexity index is 724. The fourth-order valence-corrected chi connectivity index (χ4v) is 6.91. The average molecular weight is 400 g/mol. The van der Waals surface area contributed by atoms with E-state index in [4.69, 9.17) is 0 Å².